The van der Waals surface area contributed by atoms with Gasteiger partial charge in [0.2, 0.25) is 10.0 Å². The quantitative estimate of drug-likeness (QED) is 0.835. The molecule has 20 heavy (non-hydrogen) atoms. The predicted molar refractivity (Wildman–Crippen MR) is 78.3 cm³/mol. The molecule has 0 aliphatic heterocycles. The van der Waals surface area contributed by atoms with Gasteiger partial charge in [-0.25, -0.2) is 13.1 Å². The van der Waals surface area contributed by atoms with Gasteiger partial charge in [-0.15, -0.1) is 0 Å². The van der Waals surface area contributed by atoms with Gasteiger partial charge < -0.3 is 10.1 Å². The summed E-state index contributed by atoms with van der Waals surface area (Å²) >= 11 is 0. The Labute approximate surface area is 120 Å². The van der Waals surface area contributed by atoms with Gasteiger partial charge in [-0.05, 0) is 43.5 Å². The van der Waals surface area contributed by atoms with E-state index in [2.05, 4.69) is 17.0 Å². The molecular weight excluding hydrogens is 276 g/mol. The van der Waals surface area contributed by atoms with E-state index in [1.807, 2.05) is 13.1 Å². The second-order valence-electron chi connectivity index (χ2n) is 5.41. The summed E-state index contributed by atoms with van der Waals surface area (Å²) < 4.78 is 32.9. The summed E-state index contributed by atoms with van der Waals surface area (Å²) in [6, 6.07) is 5.28. The molecule has 5 nitrogen and oxygen atoms in total. The van der Waals surface area contributed by atoms with E-state index in [-0.39, 0.29) is 10.9 Å². The monoisotopic (exact) mass is 298 g/mol. The standard InChI is InChI=1S/C14H22N2O3S/c1-10-6-12(7-10)16-20(17,18)14-8-11(9-15-2)4-5-13(14)19-3/h4-5,8,10,12,15-16H,6-7,9H2,1-3H3. The molecule has 1 aliphatic carbocycles. The highest BCUT2D eigenvalue weighted by Crippen LogP contribution is 2.30. The summed E-state index contributed by atoms with van der Waals surface area (Å²) in [5, 5.41) is 3.01. The van der Waals surface area contributed by atoms with Crippen LogP contribution in [0.5, 0.6) is 5.75 Å². The molecule has 1 saturated carbocycles. The number of hydrogen-bond acceptors (Lipinski definition) is 4. The lowest BCUT2D eigenvalue weighted by molar-refractivity contribution is 0.270. The SMILES string of the molecule is CNCc1ccc(OC)c(S(=O)(=O)NC2CC(C)C2)c1. The fourth-order valence-electron chi connectivity index (χ4n) is 2.53. The lowest BCUT2D eigenvalue weighted by Crippen LogP contribution is -2.43. The van der Waals surface area contributed by atoms with E-state index in [9.17, 15) is 8.42 Å². The van der Waals surface area contributed by atoms with Crippen LogP contribution in [0.4, 0.5) is 0 Å². The highest BCUT2D eigenvalue weighted by molar-refractivity contribution is 7.89. The number of benzene rings is 1. The molecule has 0 bridgehead atoms. The molecule has 1 fully saturated rings. The summed E-state index contributed by atoms with van der Waals surface area (Å²) in [5.74, 6) is 0.977. The fourth-order valence-corrected chi connectivity index (χ4v) is 4.01. The van der Waals surface area contributed by atoms with Crippen molar-refractivity contribution in [3.05, 3.63) is 23.8 Å². The van der Waals surface area contributed by atoms with Gasteiger partial charge in [-0.2, -0.15) is 0 Å². The Balaban J connectivity index is 2.26. The third kappa shape index (κ3) is 3.31. The minimum Gasteiger partial charge on any atom is -0.495 e. The maximum Gasteiger partial charge on any atom is 0.244 e. The summed E-state index contributed by atoms with van der Waals surface area (Å²) in [7, 11) is -0.221. The van der Waals surface area contributed by atoms with Gasteiger partial charge in [-0.1, -0.05) is 13.0 Å². The highest BCUT2D eigenvalue weighted by Gasteiger charge is 2.31. The third-order valence-corrected chi connectivity index (χ3v) is 5.14. The normalized spacial score (nSPS) is 22.4. The van der Waals surface area contributed by atoms with Crippen LogP contribution in [0.3, 0.4) is 0 Å². The summed E-state index contributed by atoms with van der Waals surface area (Å²) in [4.78, 5) is 0.215. The lowest BCUT2D eigenvalue weighted by atomic mass is 9.83. The Hall–Kier alpha value is -1.11. The molecule has 2 rings (SSSR count). The maximum atomic E-state index is 12.5. The molecule has 2 N–H and O–H groups in total. The van der Waals surface area contributed by atoms with Gasteiger partial charge in [0, 0.05) is 12.6 Å². The molecule has 0 aromatic heterocycles. The Morgan fingerprint density at radius 2 is 2.05 bits per heavy atom. The Morgan fingerprint density at radius 3 is 2.60 bits per heavy atom. The zero-order valence-corrected chi connectivity index (χ0v) is 13.0. The van der Waals surface area contributed by atoms with Crippen molar-refractivity contribution in [1.82, 2.24) is 10.0 Å². The number of nitrogens with one attached hydrogen (secondary N) is 2. The van der Waals surface area contributed by atoms with Crippen LogP contribution in [0.15, 0.2) is 23.1 Å². The molecule has 0 unspecified atom stereocenters. The number of sulfonamides is 1. The predicted octanol–water partition coefficient (Wildman–Crippen LogP) is 1.49. The molecule has 112 valence electrons. The van der Waals surface area contributed by atoms with Crippen LogP contribution < -0.4 is 14.8 Å². The van der Waals surface area contributed by atoms with Crippen LogP contribution >= 0.6 is 0 Å². The van der Waals surface area contributed by atoms with Crippen molar-refractivity contribution in [1.29, 1.82) is 0 Å². The van der Waals surface area contributed by atoms with Crippen LogP contribution in [-0.4, -0.2) is 28.6 Å². The van der Waals surface area contributed by atoms with Crippen LogP contribution in [-0.2, 0) is 16.6 Å². The van der Waals surface area contributed by atoms with Crippen LogP contribution in [0.25, 0.3) is 0 Å². The molecular formula is C14H22N2O3S. The van der Waals surface area contributed by atoms with Crippen LogP contribution in [0.2, 0.25) is 0 Å². The molecule has 0 saturated heterocycles. The average Bonchev–Trinajstić information content (AvgIpc) is 2.37. The number of rotatable bonds is 6. The molecule has 1 aliphatic rings. The molecule has 1 aromatic rings. The lowest BCUT2D eigenvalue weighted by Gasteiger charge is -2.33. The van der Waals surface area contributed by atoms with Gasteiger partial charge in [-0.3, -0.25) is 0 Å². The van der Waals surface area contributed by atoms with Crippen molar-refractivity contribution in [2.24, 2.45) is 5.92 Å². The van der Waals surface area contributed by atoms with E-state index in [0.717, 1.165) is 18.4 Å². The summed E-state index contributed by atoms with van der Waals surface area (Å²) in [5.41, 5.74) is 0.913. The summed E-state index contributed by atoms with van der Waals surface area (Å²) in [6.45, 7) is 2.74. The van der Waals surface area contributed by atoms with Crippen molar-refractivity contribution in [3.63, 3.8) is 0 Å². The van der Waals surface area contributed by atoms with E-state index in [1.165, 1.54) is 7.11 Å². The van der Waals surface area contributed by atoms with Crippen molar-refractivity contribution in [2.45, 2.75) is 37.2 Å². The first-order chi connectivity index (χ1) is 9.46. The van der Waals surface area contributed by atoms with E-state index < -0.39 is 10.0 Å². The zero-order valence-electron chi connectivity index (χ0n) is 12.1. The summed E-state index contributed by atoms with van der Waals surface area (Å²) in [6.07, 6.45) is 1.80. The first kappa shape index (κ1) is 15.3. The van der Waals surface area contributed by atoms with E-state index >= 15 is 0 Å². The molecule has 0 amide bonds. The van der Waals surface area contributed by atoms with E-state index in [0.29, 0.717) is 18.2 Å². The highest BCUT2D eigenvalue weighted by atomic mass is 32.2. The molecule has 0 atom stereocenters. The van der Waals surface area contributed by atoms with Crippen LogP contribution in [0, 0.1) is 5.92 Å². The van der Waals surface area contributed by atoms with Crippen molar-refractivity contribution in [3.8, 4) is 5.75 Å². The molecule has 0 spiro atoms. The van der Waals surface area contributed by atoms with Gasteiger partial charge in [0.25, 0.3) is 0 Å². The van der Waals surface area contributed by atoms with Crippen molar-refractivity contribution >= 4 is 10.0 Å². The van der Waals surface area contributed by atoms with E-state index in [1.54, 1.807) is 12.1 Å². The maximum absolute atomic E-state index is 12.5. The first-order valence-corrected chi connectivity index (χ1v) is 8.28. The van der Waals surface area contributed by atoms with Gasteiger partial charge in [0.05, 0.1) is 7.11 Å². The number of methoxy groups -OCH3 is 1. The van der Waals surface area contributed by atoms with Crippen molar-refractivity contribution < 1.29 is 13.2 Å². The van der Waals surface area contributed by atoms with E-state index in [4.69, 9.17) is 4.74 Å². The Kier molecular flexibility index (Phi) is 4.67. The smallest absolute Gasteiger partial charge is 0.244 e. The number of ether oxygens (including phenoxy) is 1. The average molecular weight is 298 g/mol. The van der Waals surface area contributed by atoms with Gasteiger partial charge in [0.15, 0.2) is 0 Å². The minimum absolute atomic E-state index is 0.0488. The largest absolute Gasteiger partial charge is 0.495 e. The molecule has 1 aromatic carbocycles. The molecule has 6 heteroatoms. The second-order valence-corrected chi connectivity index (χ2v) is 7.09. The van der Waals surface area contributed by atoms with Crippen LogP contribution in [0.1, 0.15) is 25.3 Å². The number of hydrogen-bond donors (Lipinski definition) is 2. The Morgan fingerprint density at radius 1 is 1.35 bits per heavy atom. The zero-order chi connectivity index (χ0) is 14.8. The van der Waals surface area contributed by atoms with Crippen molar-refractivity contribution in [2.75, 3.05) is 14.2 Å². The molecule has 0 radical (unpaired) electrons. The molecule has 0 heterocycles. The topological polar surface area (TPSA) is 67.4 Å². The Bertz CT molecular complexity index is 566. The minimum atomic E-state index is -3.53. The van der Waals surface area contributed by atoms with Gasteiger partial charge >= 0.3 is 0 Å². The third-order valence-electron chi connectivity index (χ3n) is 3.59. The van der Waals surface area contributed by atoms with Gasteiger partial charge in [0.1, 0.15) is 10.6 Å². The second kappa shape index (κ2) is 6.11. The first-order valence-electron chi connectivity index (χ1n) is 6.80. The fraction of sp³-hybridized carbons (Fsp3) is 0.571.